The van der Waals surface area contributed by atoms with E-state index in [1.807, 2.05) is 19.1 Å². The van der Waals surface area contributed by atoms with Crippen molar-refractivity contribution in [1.82, 2.24) is 10.7 Å². The molecule has 0 atom stereocenters. The number of hydrogen-bond donors (Lipinski definition) is 4. The van der Waals surface area contributed by atoms with E-state index in [0.29, 0.717) is 12.2 Å². The fourth-order valence-corrected chi connectivity index (χ4v) is 1.21. The highest BCUT2D eigenvalue weighted by Crippen LogP contribution is 2.07. The number of nitrogens with one attached hydrogen (secondary N) is 3. The van der Waals surface area contributed by atoms with Gasteiger partial charge in [-0.15, -0.1) is 0 Å². The van der Waals surface area contributed by atoms with Crippen molar-refractivity contribution in [3.05, 3.63) is 29.8 Å². The summed E-state index contributed by atoms with van der Waals surface area (Å²) in [6.07, 6.45) is 1.58. The van der Waals surface area contributed by atoms with Crippen LogP contribution in [-0.4, -0.2) is 23.9 Å². The van der Waals surface area contributed by atoms with E-state index in [-0.39, 0.29) is 11.1 Å². The minimum atomic E-state index is -0.228. The third-order valence-electron chi connectivity index (χ3n) is 1.89. The minimum Gasteiger partial charge on any atom is -0.375 e. The van der Waals surface area contributed by atoms with Gasteiger partial charge in [-0.1, -0.05) is 12.1 Å². The summed E-state index contributed by atoms with van der Waals surface area (Å²) < 4.78 is 0. The van der Waals surface area contributed by atoms with E-state index in [1.165, 1.54) is 0 Å². The molecule has 5 N–H and O–H groups in total. The van der Waals surface area contributed by atoms with Crippen LogP contribution in [0.1, 0.15) is 12.5 Å². The molecule has 18 heavy (non-hydrogen) atoms. The lowest BCUT2D eigenvalue weighted by Gasteiger charge is -2.05. The lowest BCUT2D eigenvalue weighted by atomic mass is 10.2. The van der Waals surface area contributed by atoms with Gasteiger partial charge in [0.1, 0.15) is 0 Å². The normalized spacial score (nSPS) is 10.1. The number of anilines is 1. The van der Waals surface area contributed by atoms with Crippen LogP contribution in [0, 0.1) is 0 Å². The Kier molecular flexibility index (Phi) is 5.59. The molecule has 1 rings (SSSR count). The van der Waals surface area contributed by atoms with Crippen LogP contribution in [0.3, 0.4) is 0 Å². The van der Waals surface area contributed by atoms with Crippen LogP contribution in [0.15, 0.2) is 29.4 Å². The first-order chi connectivity index (χ1) is 8.61. The maximum absolute atomic E-state index is 11.3. The maximum atomic E-state index is 11.3. The Hall–Kier alpha value is -2.15. The number of carbonyl (C=O) groups is 1. The fourth-order valence-electron chi connectivity index (χ4n) is 1.16. The molecule has 0 bridgehead atoms. The number of nitrogens with two attached hydrogens (primary N) is 1. The van der Waals surface area contributed by atoms with Gasteiger partial charge in [0.05, 0.1) is 6.21 Å². The first kappa shape index (κ1) is 13.9. The van der Waals surface area contributed by atoms with E-state index >= 15 is 0 Å². The van der Waals surface area contributed by atoms with Crippen molar-refractivity contribution in [2.75, 3.05) is 11.9 Å². The van der Waals surface area contributed by atoms with E-state index in [2.05, 4.69) is 33.4 Å². The lowest BCUT2D eigenvalue weighted by Crippen LogP contribution is -2.28. The molecule has 0 spiro atoms. The molecular weight excluding hydrogens is 250 g/mol. The standard InChI is InChI=1S/C11H15N5OS/c1-2-13-11(17)15-9-5-3-8(4-6-9)7-14-16-10(12)18/h3-7H,2H2,1H3,(H3,12,16,18)(H2,13,15,17). The van der Waals surface area contributed by atoms with Crippen LogP contribution >= 0.6 is 12.2 Å². The summed E-state index contributed by atoms with van der Waals surface area (Å²) in [5.74, 6) is 0. The quantitative estimate of drug-likeness (QED) is 0.371. The first-order valence-electron chi connectivity index (χ1n) is 5.35. The molecule has 0 radical (unpaired) electrons. The summed E-state index contributed by atoms with van der Waals surface area (Å²) in [5.41, 5.74) is 9.24. The van der Waals surface area contributed by atoms with Crippen molar-refractivity contribution in [2.45, 2.75) is 6.92 Å². The Labute approximate surface area is 111 Å². The number of hydrazone groups is 1. The second kappa shape index (κ2) is 7.23. The van der Waals surface area contributed by atoms with Gasteiger partial charge >= 0.3 is 6.03 Å². The molecule has 0 saturated carbocycles. The van der Waals surface area contributed by atoms with Crippen LogP contribution in [0.4, 0.5) is 10.5 Å². The van der Waals surface area contributed by atoms with Gasteiger partial charge in [-0.05, 0) is 36.8 Å². The van der Waals surface area contributed by atoms with Gasteiger partial charge in [-0.2, -0.15) is 5.10 Å². The molecule has 1 aromatic rings. The molecule has 7 heteroatoms. The average Bonchev–Trinajstić information content (AvgIpc) is 2.31. The molecule has 6 nitrogen and oxygen atoms in total. The van der Waals surface area contributed by atoms with Crippen LogP contribution in [0.5, 0.6) is 0 Å². The molecule has 0 aliphatic carbocycles. The molecule has 0 saturated heterocycles. The number of urea groups is 1. The van der Waals surface area contributed by atoms with Crippen LogP contribution in [-0.2, 0) is 0 Å². The Morgan fingerprint density at radius 1 is 1.44 bits per heavy atom. The number of amides is 2. The topological polar surface area (TPSA) is 91.5 Å². The average molecular weight is 265 g/mol. The molecule has 96 valence electrons. The smallest absolute Gasteiger partial charge is 0.319 e. The van der Waals surface area contributed by atoms with Crippen molar-refractivity contribution in [3.8, 4) is 0 Å². The Balaban J connectivity index is 2.54. The SMILES string of the molecule is CCNC(=O)Nc1ccc(C=NNC(N)=S)cc1. The van der Waals surface area contributed by atoms with Crippen LogP contribution in [0.2, 0.25) is 0 Å². The summed E-state index contributed by atoms with van der Waals surface area (Å²) in [7, 11) is 0. The number of nitrogens with zero attached hydrogens (tertiary/aromatic N) is 1. The summed E-state index contributed by atoms with van der Waals surface area (Å²) in [6.45, 7) is 2.44. The number of rotatable bonds is 4. The lowest BCUT2D eigenvalue weighted by molar-refractivity contribution is 0.252. The summed E-state index contributed by atoms with van der Waals surface area (Å²) in [4.78, 5) is 11.3. The fraction of sp³-hybridized carbons (Fsp3) is 0.182. The van der Waals surface area contributed by atoms with E-state index in [1.54, 1.807) is 18.3 Å². The predicted octanol–water partition coefficient (Wildman–Crippen LogP) is 0.995. The molecule has 0 unspecified atom stereocenters. The van der Waals surface area contributed by atoms with Crippen LogP contribution in [0.25, 0.3) is 0 Å². The Morgan fingerprint density at radius 3 is 2.67 bits per heavy atom. The van der Waals surface area contributed by atoms with Crippen molar-refractivity contribution in [2.24, 2.45) is 10.8 Å². The predicted molar refractivity (Wildman–Crippen MR) is 76.7 cm³/mol. The highest BCUT2D eigenvalue weighted by Gasteiger charge is 1.98. The second-order valence-corrected chi connectivity index (χ2v) is 3.78. The zero-order chi connectivity index (χ0) is 13.4. The van der Waals surface area contributed by atoms with E-state index < -0.39 is 0 Å². The highest BCUT2D eigenvalue weighted by molar-refractivity contribution is 7.80. The van der Waals surface area contributed by atoms with Gasteiger partial charge < -0.3 is 16.4 Å². The van der Waals surface area contributed by atoms with Gasteiger partial charge in [0, 0.05) is 12.2 Å². The van der Waals surface area contributed by atoms with Crippen molar-refractivity contribution < 1.29 is 4.79 Å². The van der Waals surface area contributed by atoms with Crippen molar-refractivity contribution >= 4 is 35.3 Å². The monoisotopic (exact) mass is 265 g/mol. The van der Waals surface area contributed by atoms with Crippen molar-refractivity contribution in [1.29, 1.82) is 0 Å². The summed E-state index contributed by atoms with van der Waals surface area (Å²) in [6, 6.07) is 6.95. The number of thiocarbonyl (C=S) groups is 1. The summed E-state index contributed by atoms with van der Waals surface area (Å²) in [5, 5.41) is 9.27. The molecule has 2 amide bonds. The second-order valence-electron chi connectivity index (χ2n) is 3.34. The molecule has 0 aliphatic heterocycles. The van der Waals surface area contributed by atoms with E-state index in [4.69, 9.17) is 5.73 Å². The number of hydrogen-bond acceptors (Lipinski definition) is 3. The highest BCUT2D eigenvalue weighted by atomic mass is 32.1. The largest absolute Gasteiger partial charge is 0.375 e. The Morgan fingerprint density at radius 2 is 2.11 bits per heavy atom. The van der Waals surface area contributed by atoms with Gasteiger partial charge in [-0.3, -0.25) is 5.43 Å². The third kappa shape index (κ3) is 5.26. The molecular formula is C11H15N5OS. The summed E-state index contributed by atoms with van der Waals surface area (Å²) >= 11 is 4.60. The van der Waals surface area contributed by atoms with Gasteiger partial charge in [0.2, 0.25) is 0 Å². The molecule has 0 aromatic heterocycles. The van der Waals surface area contributed by atoms with Gasteiger partial charge in [0.25, 0.3) is 0 Å². The first-order valence-corrected chi connectivity index (χ1v) is 5.76. The third-order valence-corrected chi connectivity index (χ3v) is 1.99. The minimum absolute atomic E-state index is 0.112. The number of carbonyl (C=O) groups excluding carboxylic acids is 1. The van der Waals surface area contributed by atoms with Gasteiger partial charge in [-0.25, -0.2) is 4.79 Å². The van der Waals surface area contributed by atoms with Crippen LogP contribution < -0.4 is 21.8 Å². The zero-order valence-corrected chi connectivity index (χ0v) is 10.8. The molecule has 0 heterocycles. The molecule has 1 aromatic carbocycles. The molecule has 0 fully saturated rings. The Bertz CT molecular complexity index is 443. The zero-order valence-electron chi connectivity index (χ0n) is 9.93. The maximum Gasteiger partial charge on any atom is 0.319 e. The van der Waals surface area contributed by atoms with E-state index in [9.17, 15) is 4.79 Å². The van der Waals surface area contributed by atoms with Gasteiger partial charge in [0.15, 0.2) is 5.11 Å². The molecule has 0 aliphatic rings. The number of benzene rings is 1. The van der Waals surface area contributed by atoms with E-state index in [0.717, 1.165) is 5.56 Å². The van der Waals surface area contributed by atoms with Crippen molar-refractivity contribution in [3.63, 3.8) is 0 Å².